The molecule has 0 saturated heterocycles. The van der Waals surface area contributed by atoms with E-state index in [2.05, 4.69) is 149 Å². The van der Waals surface area contributed by atoms with Gasteiger partial charge in [0.05, 0.1) is 6.26 Å². The highest BCUT2D eigenvalue weighted by Crippen LogP contribution is 2.27. The van der Waals surface area contributed by atoms with Gasteiger partial charge in [0.2, 0.25) is 0 Å². The number of hydrogen-bond donors (Lipinski definition) is 0. The summed E-state index contributed by atoms with van der Waals surface area (Å²) in [7, 11) is 7.79. The van der Waals surface area contributed by atoms with Crippen molar-refractivity contribution in [2.24, 2.45) is 0 Å². The van der Waals surface area contributed by atoms with Crippen LogP contribution >= 0.6 is 0 Å². The van der Waals surface area contributed by atoms with E-state index in [1.54, 1.807) is 13.3 Å². The lowest BCUT2D eigenvalue weighted by Crippen LogP contribution is -2.12. The standard InChI is InChI=1S/C17H15N.C13H13N.C11H9F2N3.C11H11NO/c1-18(16-9-3-2-4-10-16)17-12-11-14-7-5-6-8-15(14)13-17;1-14(12-8-4-2-5-9-12)13-10-6-3-7-11-13;1-16(10-6-8(12)2-4-14-10)11-7-9(13)3-5-15-11;1-12(11-8-5-9-13-11)10-6-3-2-4-7-10/h2-13H,1H3;2-11H,1H3;2-7H,1H3;2-9H,1H3. The first-order chi connectivity index (χ1) is 29.8. The smallest absolute Gasteiger partial charge is 0.199 e. The first-order valence-corrected chi connectivity index (χ1v) is 19.7. The van der Waals surface area contributed by atoms with Crippen molar-refractivity contribution < 1.29 is 13.2 Å². The van der Waals surface area contributed by atoms with Gasteiger partial charge in [-0.25, -0.2) is 18.7 Å². The van der Waals surface area contributed by atoms with E-state index in [-0.39, 0.29) is 0 Å². The van der Waals surface area contributed by atoms with Crippen molar-refractivity contribution in [3.63, 3.8) is 0 Å². The monoisotopic (exact) mass is 810 g/mol. The Morgan fingerprint density at radius 2 is 0.770 bits per heavy atom. The predicted octanol–water partition coefficient (Wildman–Crippen LogP) is 13.6. The summed E-state index contributed by atoms with van der Waals surface area (Å²) in [5.41, 5.74) is 5.95. The highest BCUT2D eigenvalue weighted by molar-refractivity contribution is 5.86. The number of aromatic nitrogens is 2. The molecular weight excluding hydrogens is 763 g/mol. The minimum atomic E-state index is -0.395. The van der Waals surface area contributed by atoms with Crippen LogP contribution in [-0.4, -0.2) is 38.2 Å². The molecule has 306 valence electrons. The van der Waals surface area contributed by atoms with Crippen LogP contribution in [0.5, 0.6) is 0 Å². The molecule has 3 aromatic heterocycles. The van der Waals surface area contributed by atoms with Crippen LogP contribution in [0.25, 0.3) is 10.8 Å². The van der Waals surface area contributed by atoms with Crippen molar-refractivity contribution in [3.05, 3.63) is 230 Å². The van der Waals surface area contributed by atoms with E-state index >= 15 is 0 Å². The Kier molecular flexibility index (Phi) is 15.3. The molecule has 3 heterocycles. The number of furan rings is 1. The lowest BCUT2D eigenvalue weighted by atomic mass is 10.1. The average Bonchev–Trinajstić information content (AvgIpc) is 3.88. The van der Waals surface area contributed by atoms with E-state index in [4.69, 9.17) is 4.42 Å². The van der Waals surface area contributed by atoms with E-state index in [0.717, 1.165) is 11.6 Å². The first-order valence-electron chi connectivity index (χ1n) is 19.7. The Morgan fingerprint density at radius 3 is 1.20 bits per heavy atom. The molecule has 9 aromatic rings. The van der Waals surface area contributed by atoms with Gasteiger partial charge < -0.3 is 24.0 Å². The van der Waals surface area contributed by atoms with Gasteiger partial charge in [-0.2, -0.15) is 0 Å². The fourth-order valence-electron chi connectivity index (χ4n) is 6.15. The molecule has 9 heteroatoms. The van der Waals surface area contributed by atoms with E-state index in [1.807, 2.05) is 72.6 Å². The van der Waals surface area contributed by atoms with Crippen LogP contribution in [0, 0.1) is 11.6 Å². The second kappa shape index (κ2) is 21.8. The first kappa shape index (κ1) is 42.8. The summed E-state index contributed by atoms with van der Waals surface area (Å²) >= 11 is 0. The van der Waals surface area contributed by atoms with Crippen molar-refractivity contribution in [1.29, 1.82) is 0 Å². The van der Waals surface area contributed by atoms with Gasteiger partial charge >= 0.3 is 0 Å². The lowest BCUT2D eigenvalue weighted by molar-refractivity contribution is 0.570. The van der Waals surface area contributed by atoms with Crippen LogP contribution in [0.3, 0.4) is 0 Å². The molecule has 0 unspecified atom stereocenters. The zero-order valence-electron chi connectivity index (χ0n) is 34.6. The summed E-state index contributed by atoms with van der Waals surface area (Å²) in [4.78, 5) is 15.8. The third kappa shape index (κ3) is 12.4. The average molecular weight is 811 g/mol. The Morgan fingerprint density at radius 1 is 0.361 bits per heavy atom. The van der Waals surface area contributed by atoms with Crippen LogP contribution in [0.1, 0.15) is 0 Å². The Hall–Kier alpha value is -7.78. The lowest BCUT2D eigenvalue weighted by Gasteiger charge is -2.19. The zero-order valence-corrected chi connectivity index (χ0v) is 34.6. The van der Waals surface area contributed by atoms with Gasteiger partial charge in [0.25, 0.3) is 0 Å². The van der Waals surface area contributed by atoms with Gasteiger partial charge in [0, 0.05) is 87.2 Å². The maximum Gasteiger partial charge on any atom is 0.199 e. The van der Waals surface area contributed by atoms with Gasteiger partial charge in [-0.05, 0) is 89.6 Å². The number of hydrogen-bond acceptors (Lipinski definition) is 7. The number of para-hydroxylation sites is 4. The molecule has 0 atom stereocenters. The van der Waals surface area contributed by atoms with E-state index in [9.17, 15) is 8.78 Å². The SMILES string of the molecule is CN(c1cc(F)ccn1)c1cc(F)ccn1.CN(c1ccccc1)c1ccc2ccccc2c1.CN(c1ccccc1)c1ccccc1.CN(c1ccccc1)c1ccco1. The fraction of sp³-hybridized carbons (Fsp3) is 0.0769. The molecule has 9 rings (SSSR count). The molecule has 0 N–H and O–H groups in total. The minimum absolute atomic E-state index is 0.373. The maximum absolute atomic E-state index is 13.0. The predicted molar refractivity (Wildman–Crippen MR) is 249 cm³/mol. The number of nitrogens with zero attached hydrogens (tertiary/aromatic N) is 6. The summed E-state index contributed by atoms with van der Waals surface area (Å²) in [6.07, 6.45) is 4.37. The van der Waals surface area contributed by atoms with E-state index in [1.165, 1.54) is 75.1 Å². The normalized spacial score (nSPS) is 10.1. The summed E-state index contributed by atoms with van der Waals surface area (Å²) in [6, 6.07) is 65.0. The Balaban J connectivity index is 0.000000137. The minimum Gasteiger partial charge on any atom is -0.448 e. The van der Waals surface area contributed by atoms with E-state index in [0.29, 0.717) is 11.6 Å². The molecule has 0 aliphatic rings. The highest BCUT2D eigenvalue weighted by Gasteiger charge is 2.09. The van der Waals surface area contributed by atoms with Gasteiger partial charge in [-0.1, -0.05) is 103 Å². The molecule has 6 aromatic carbocycles. The molecule has 0 saturated carbocycles. The molecule has 61 heavy (non-hydrogen) atoms. The number of anilines is 8. The van der Waals surface area contributed by atoms with Crippen LogP contribution in [-0.2, 0) is 0 Å². The van der Waals surface area contributed by atoms with Crippen LogP contribution in [0.2, 0.25) is 0 Å². The van der Waals surface area contributed by atoms with Crippen LogP contribution in [0.15, 0.2) is 223 Å². The Bertz CT molecular complexity index is 2550. The quantitative estimate of drug-likeness (QED) is 0.151. The number of fused-ring (bicyclic) bond motifs is 1. The van der Waals surface area contributed by atoms with Crippen molar-refractivity contribution in [2.45, 2.75) is 0 Å². The third-order valence-electron chi connectivity index (χ3n) is 9.63. The number of rotatable bonds is 8. The van der Waals surface area contributed by atoms with Gasteiger partial charge in [0.1, 0.15) is 23.3 Å². The van der Waals surface area contributed by atoms with Crippen molar-refractivity contribution in [3.8, 4) is 0 Å². The second-order valence-electron chi connectivity index (χ2n) is 13.7. The van der Waals surface area contributed by atoms with Gasteiger partial charge in [-0.3, -0.25) is 0 Å². The maximum atomic E-state index is 13.0. The Labute approximate surface area is 357 Å². The molecule has 7 nitrogen and oxygen atoms in total. The summed E-state index contributed by atoms with van der Waals surface area (Å²) in [5.74, 6) is 0.809. The largest absolute Gasteiger partial charge is 0.448 e. The molecule has 0 fully saturated rings. The number of pyridine rings is 2. The zero-order chi connectivity index (χ0) is 42.8. The number of halogens is 2. The summed E-state index contributed by atoms with van der Waals surface area (Å²) in [5, 5.41) is 2.56. The molecule has 0 spiro atoms. The molecule has 0 aliphatic carbocycles. The molecular formula is C52H48F2N6O. The van der Waals surface area contributed by atoms with Crippen molar-refractivity contribution in [1.82, 2.24) is 9.97 Å². The molecule has 0 bridgehead atoms. The molecule has 0 amide bonds. The molecule has 0 radical (unpaired) electrons. The highest BCUT2D eigenvalue weighted by atomic mass is 19.1. The summed E-state index contributed by atoms with van der Waals surface area (Å²) in [6.45, 7) is 0. The van der Waals surface area contributed by atoms with Crippen LogP contribution < -0.4 is 19.6 Å². The fourth-order valence-corrected chi connectivity index (χ4v) is 6.15. The van der Waals surface area contributed by atoms with E-state index < -0.39 is 11.6 Å². The van der Waals surface area contributed by atoms with Gasteiger partial charge in [0.15, 0.2) is 5.88 Å². The van der Waals surface area contributed by atoms with Crippen LogP contribution in [0.4, 0.5) is 54.7 Å². The van der Waals surface area contributed by atoms with Crippen molar-refractivity contribution in [2.75, 3.05) is 47.8 Å². The third-order valence-corrected chi connectivity index (χ3v) is 9.63. The topological polar surface area (TPSA) is 51.9 Å². The second-order valence-corrected chi connectivity index (χ2v) is 13.7. The number of benzene rings is 6. The van der Waals surface area contributed by atoms with Gasteiger partial charge in [-0.15, -0.1) is 0 Å². The summed E-state index contributed by atoms with van der Waals surface area (Å²) < 4.78 is 31.2. The van der Waals surface area contributed by atoms with Crippen molar-refractivity contribution >= 4 is 56.7 Å². The molecule has 0 aliphatic heterocycles.